The largest absolute Gasteiger partial charge is 0.508 e. The highest BCUT2D eigenvalue weighted by atomic mass is 16.6. The van der Waals surface area contributed by atoms with Gasteiger partial charge in [-0.05, 0) is 91.1 Å². The number of nitrogens with one attached hydrogen (secondary N) is 2. The molecule has 3 amide bonds. The maximum atomic E-state index is 13.9. The predicted molar refractivity (Wildman–Crippen MR) is 141 cm³/mol. The van der Waals surface area contributed by atoms with Crippen molar-refractivity contribution in [3.63, 3.8) is 0 Å². The van der Waals surface area contributed by atoms with E-state index in [1.807, 2.05) is 52.8 Å². The lowest BCUT2D eigenvalue weighted by Gasteiger charge is -2.42. The van der Waals surface area contributed by atoms with Crippen molar-refractivity contribution < 1.29 is 24.2 Å². The van der Waals surface area contributed by atoms with Crippen LogP contribution in [-0.2, 0) is 14.3 Å². The number of ether oxygens (including phenoxy) is 1. The fourth-order valence-corrected chi connectivity index (χ4v) is 3.92. The molecule has 0 aliphatic rings. The molecule has 196 valence electrons. The molecule has 0 heterocycles. The molecular formula is C28H39N3O5. The van der Waals surface area contributed by atoms with Crippen molar-refractivity contribution in [2.24, 2.45) is 0 Å². The Morgan fingerprint density at radius 1 is 0.944 bits per heavy atom. The van der Waals surface area contributed by atoms with E-state index in [1.165, 1.54) is 17.0 Å². The lowest BCUT2D eigenvalue weighted by Crippen LogP contribution is -2.57. The van der Waals surface area contributed by atoms with E-state index < -0.39 is 41.1 Å². The lowest BCUT2D eigenvalue weighted by molar-refractivity contribution is -0.146. The number of carbonyl (C=O) groups is 3. The number of carbonyl (C=O) groups excluding carboxylic acids is 3. The van der Waals surface area contributed by atoms with Gasteiger partial charge in [0.25, 0.3) is 5.91 Å². The minimum absolute atomic E-state index is 0.0291. The monoisotopic (exact) mass is 497 g/mol. The molecule has 0 bridgehead atoms. The van der Waals surface area contributed by atoms with E-state index in [0.717, 1.165) is 11.1 Å². The Labute approximate surface area is 214 Å². The van der Waals surface area contributed by atoms with Crippen molar-refractivity contribution in [2.45, 2.75) is 85.5 Å². The summed E-state index contributed by atoms with van der Waals surface area (Å²) in [6.45, 7) is 16.0. The Hall–Kier alpha value is -3.55. The SMILES string of the molecule is Cc1cccc(C)c1NC(=O)C(c1cccc(O)c1)N(C(=O)C(C)NC(=O)OC(C)(C)C)C(C)(C)C. The van der Waals surface area contributed by atoms with Crippen LogP contribution in [0, 0.1) is 13.8 Å². The molecule has 0 radical (unpaired) electrons. The normalized spacial score (nSPS) is 13.4. The molecule has 2 unspecified atom stereocenters. The number of amides is 3. The second-order valence-electron chi connectivity index (χ2n) is 11.0. The van der Waals surface area contributed by atoms with Crippen LogP contribution in [0.4, 0.5) is 10.5 Å². The molecule has 0 aromatic heterocycles. The molecule has 2 aromatic rings. The summed E-state index contributed by atoms with van der Waals surface area (Å²) < 4.78 is 5.30. The molecule has 0 saturated carbocycles. The van der Waals surface area contributed by atoms with Gasteiger partial charge in [-0.15, -0.1) is 0 Å². The highest BCUT2D eigenvalue weighted by molar-refractivity contribution is 6.00. The maximum Gasteiger partial charge on any atom is 0.408 e. The van der Waals surface area contributed by atoms with Crippen molar-refractivity contribution in [3.05, 3.63) is 59.2 Å². The molecule has 2 aromatic carbocycles. The first-order chi connectivity index (χ1) is 16.5. The van der Waals surface area contributed by atoms with Crippen LogP contribution >= 0.6 is 0 Å². The van der Waals surface area contributed by atoms with Gasteiger partial charge in [0.2, 0.25) is 5.91 Å². The Balaban J connectivity index is 2.53. The van der Waals surface area contributed by atoms with Crippen molar-refractivity contribution in [1.82, 2.24) is 10.2 Å². The number of hydrogen-bond donors (Lipinski definition) is 3. The molecule has 0 aliphatic carbocycles. The van der Waals surface area contributed by atoms with Gasteiger partial charge in [-0.1, -0.05) is 30.3 Å². The standard InChI is InChI=1S/C28H39N3O5/c1-17-12-10-13-18(2)22(17)30-24(33)23(20-14-11-15-21(32)16-20)31(27(4,5)6)25(34)19(3)29-26(35)36-28(7,8)9/h10-16,19,23,32H,1-9H3,(H,29,35)(H,30,33). The smallest absolute Gasteiger partial charge is 0.408 e. The summed E-state index contributed by atoms with van der Waals surface area (Å²) in [4.78, 5) is 41.5. The Morgan fingerprint density at radius 3 is 2.00 bits per heavy atom. The molecule has 8 heteroatoms. The molecule has 0 spiro atoms. The van der Waals surface area contributed by atoms with E-state index in [9.17, 15) is 19.5 Å². The van der Waals surface area contributed by atoms with E-state index >= 15 is 0 Å². The number of para-hydroxylation sites is 1. The van der Waals surface area contributed by atoms with Crippen molar-refractivity contribution in [1.29, 1.82) is 0 Å². The second-order valence-corrected chi connectivity index (χ2v) is 11.0. The van der Waals surface area contributed by atoms with Gasteiger partial charge in [0.15, 0.2) is 0 Å². The van der Waals surface area contributed by atoms with E-state index in [1.54, 1.807) is 39.8 Å². The molecule has 2 rings (SSSR count). The van der Waals surface area contributed by atoms with Crippen LogP contribution in [0.25, 0.3) is 0 Å². The molecule has 0 fully saturated rings. The number of aryl methyl sites for hydroxylation is 2. The first-order valence-corrected chi connectivity index (χ1v) is 12.0. The lowest BCUT2D eigenvalue weighted by atomic mass is 9.95. The van der Waals surface area contributed by atoms with Crippen molar-refractivity contribution >= 4 is 23.6 Å². The van der Waals surface area contributed by atoms with Crippen LogP contribution in [-0.4, -0.2) is 45.1 Å². The van der Waals surface area contributed by atoms with E-state index in [0.29, 0.717) is 11.3 Å². The van der Waals surface area contributed by atoms with E-state index in [2.05, 4.69) is 10.6 Å². The van der Waals surface area contributed by atoms with Crippen LogP contribution in [0.2, 0.25) is 0 Å². The highest BCUT2D eigenvalue weighted by Crippen LogP contribution is 2.33. The van der Waals surface area contributed by atoms with Gasteiger partial charge in [0.1, 0.15) is 23.4 Å². The summed E-state index contributed by atoms with van der Waals surface area (Å²) in [5.41, 5.74) is 1.31. The first kappa shape index (κ1) is 28.7. The zero-order valence-electron chi connectivity index (χ0n) is 22.7. The van der Waals surface area contributed by atoms with Gasteiger partial charge in [-0.25, -0.2) is 4.79 Å². The van der Waals surface area contributed by atoms with Crippen LogP contribution in [0.5, 0.6) is 5.75 Å². The minimum atomic E-state index is -1.09. The number of anilines is 1. The first-order valence-electron chi connectivity index (χ1n) is 12.0. The number of hydrogen-bond acceptors (Lipinski definition) is 5. The molecule has 0 aliphatic heterocycles. The zero-order valence-corrected chi connectivity index (χ0v) is 22.7. The average Bonchev–Trinajstić information content (AvgIpc) is 2.71. The summed E-state index contributed by atoms with van der Waals surface area (Å²) in [7, 11) is 0. The maximum absolute atomic E-state index is 13.9. The fourth-order valence-electron chi connectivity index (χ4n) is 3.92. The second kappa shape index (κ2) is 11.0. The number of nitrogens with zero attached hydrogens (tertiary/aromatic N) is 1. The van der Waals surface area contributed by atoms with Gasteiger partial charge in [0, 0.05) is 11.2 Å². The third-order valence-corrected chi connectivity index (χ3v) is 5.49. The zero-order chi connectivity index (χ0) is 27.4. The average molecular weight is 498 g/mol. The number of alkyl carbamates (subject to hydrolysis) is 1. The van der Waals surface area contributed by atoms with Gasteiger partial charge in [-0.3, -0.25) is 9.59 Å². The third kappa shape index (κ3) is 7.47. The summed E-state index contributed by atoms with van der Waals surface area (Å²) in [5, 5.41) is 15.7. The van der Waals surface area contributed by atoms with Crippen molar-refractivity contribution in [2.75, 3.05) is 5.32 Å². The van der Waals surface area contributed by atoms with Crippen LogP contribution in [0.1, 0.15) is 71.2 Å². The number of benzene rings is 2. The third-order valence-electron chi connectivity index (χ3n) is 5.49. The predicted octanol–water partition coefficient (Wildman–Crippen LogP) is 5.23. The highest BCUT2D eigenvalue weighted by Gasteiger charge is 2.41. The quantitative estimate of drug-likeness (QED) is 0.507. The number of rotatable bonds is 6. The number of aromatic hydroxyl groups is 1. The van der Waals surface area contributed by atoms with Gasteiger partial charge in [0.05, 0.1) is 0 Å². The summed E-state index contributed by atoms with van der Waals surface area (Å²) >= 11 is 0. The van der Waals surface area contributed by atoms with Crippen LogP contribution in [0.3, 0.4) is 0 Å². The summed E-state index contributed by atoms with van der Waals surface area (Å²) in [6, 6.07) is 9.90. The Morgan fingerprint density at radius 2 is 1.50 bits per heavy atom. The van der Waals surface area contributed by atoms with Gasteiger partial charge >= 0.3 is 6.09 Å². The molecular weight excluding hydrogens is 458 g/mol. The molecule has 8 nitrogen and oxygen atoms in total. The number of phenolic OH excluding ortho intramolecular Hbond substituents is 1. The molecule has 0 saturated heterocycles. The van der Waals surface area contributed by atoms with Gasteiger partial charge in [-0.2, -0.15) is 0 Å². The van der Waals surface area contributed by atoms with E-state index in [-0.39, 0.29) is 5.75 Å². The van der Waals surface area contributed by atoms with Crippen molar-refractivity contribution in [3.8, 4) is 5.75 Å². The topological polar surface area (TPSA) is 108 Å². The van der Waals surface area contributed by atoms with Gasteiger partial charge < -0.3 is 25.4 Å². The van der Waals surface area contributed by atoms with Crippen LogP contribution < -0.4 is 10.6 Å². The molecule has 3 N–H and O–H groups in total. The van der Waals surface area contributed by atoms with E-state index in [4.69, 9.17) is 4.74 Å². The molecule has 36 heavy (non-hydrogen) atoms. The minimum Gasteiger partial charge on any atom is -0.508 e. The number of phenols is 1. The van der Waals surface area contributed by atoms with Crippen LogP contribution in [0.15, 0.2) is 42.5 Å². The Kier molecular flexibility index (Phi) is 8.78. The summed E-state index contributed by atoms with van der Waals surface area (Å²) in [6.07, 6.45) is -0.730. The fraction of sp³-hybridized carbons (Fsp3) is 0.464. The Bertz CT molecular complexity index is 1090. The summed E-state index contributed by atoms with van der Waals surface area (Å²) in [5.74, 6) is -0.942. The molecule has 2 atom stereocenters.